The first kappa shape index (κ1) is 16.0. The lowest BCUT2D eigenvalue weighted by Gasteiger charge is -2.14. The number of halogens is 1. The Bertz CT molecular complexity index is 547. The van der Waals surface area contributed by atoms with Gasteiger partial charge in [0.1, 0.15) is 11.8 Å². The number of rotatable bonds is 6. The Balaban J connectivity index is 2.77. The second-order valence-corrected chi connectivity index (χ2v) is 4.89. The molecule has 0 aliphatic heterocycles. The number of hydrogen-bond donors (Lipinski definition) is 4. The second-order valence-electron chi connectivity index (χ2n) is 4.04. The van der Waals surface area contributed by atoms with Crippen LogP contribution in [0.25, 0.3) is 0 Å². The van der Waals surface area contributed by atoms with E-state index >= 15 is 0 Å². The van der Waals surface area contributed by atoms with Crippen molar-refractivity contribution < 1.29 is 24.6 Å². The topological polar surface area (TPSA) is 130 Å². The lowest BCUT2D eigenvalue weighted by Crippen LogP contribution is -2.41. The van der Waals surface area contributed by atoms with Gasteiger partial charge in [0.2, 0.25) is 5.91 Å². The molecule has 1 aromatic carbocycles. The summed E-state index contributed by atoms with van der Waals surface area (Å²) in [5.74, 6) is -2.71. The van der Waals surface area contributed by atoms with Crippen LogP contribution in [0.5, 0.6) is 5.75 Å². The molecule has 0 unspecified atom stereocenters. The highest BCUT2D eigenvalue weighted by Crippen LogP contribution is 2.24. The highest BCUT2D eigenvalue weighted by Gasteiger charge is 2.21. The molecule has 0 fully saturated rings. The van der Waals surface area contributed by atoms with E-state index in [2.05, 4.69) is 21.2 Å². The standard InChI is InChI=1S/C12H13BrN2O5/c13-7-2-1-6(5-9(7)16)11(18)15-8(12(19)20)3-4-10(14)17/h1-2,5,8,16H,3-4H2,(H2,14,17)(H,15,18)(H,19,20)/t8-/m1/s1. The third kappa shape index (κ3) is 4.54. The predicted octanol–water partition coefficient (Wildman–Crippen LogP) is 0.603. The average Bonchev–Trinajstić information content (AvgIpc) is 2.36. The molecule has 0 aliphatic carbocycles. The molecule has 1 atom stereocenters. The summed E-state index contributed by atoms with van der Waals surface area (Å²) in [6.45, 7) is 0. The Labute approximate surface area is 122 Å². The van der Waals surface area contributed by atoms with Crippen LogP contribution in [0.15, 0.2) is 22.7 Å². The van der Waals surface area contributed by atoms with Crippen LogP contribution in [0, 0.1) is 0 Å². The van der Waals surface area contributed by atoms with E-state index in [1.54, 1.807) is 0 Å². The Hall–Kier alpha value is -2.09. The van der Waals surface area contributed by atoms with Gasteiger partial charge in [-0.05, 0) is 40.5 Å². The molecule has 7 nitrogen and oxygen atoms in total. The van der Waals surface area contributed by atoms with Gasteiger partial charge in [0, 0.05) is 12.0 Å². The summed E-state index contributed by atoms with van der Waals surface area (Å²) in [5, 5.41) is 20.7. The molecule has 1 rings (SSSR count). The maximum Gasteiger partial charge on any atom is 0.326 e. The lowest BCUT2D eigenvalue weighted by atomic mass is 10.1. The van der Waals surface area contributed by atoms with E-state index in [4.69, 9.17) is 10.8 Å². The van der Waals surface area contributed by atoms with Crippen LogP contribution in [0.4, 0.5) is 0 Å². The minimum Gasteiger partial charge on any atom is -0.507 e. The van der Waals surface area contributed by atoms with E-state index in [1.165, 1.54) is 18.2 Å². The van der Waals surface area contributed by atoms with Gasteiger partial charge in [-0.3, -0.25) is 9.59 Å². The van der Waals surface area contributed by atoms with Crippen LogP contribution in [0.2, 0.25) is 0 Å². The van der Waals surface area contributed by atoms with Gasteiger partial charge in [0.25, 0.3) is 5.91 Å². The third-order valence-corrected chi connectivity index (χ3v) is 3.16. The van der Waals surface area contributed by atoms with E-state index < -0.39 is 23.8 Å². The number of carboxylic acids is 1. The lowest BCUT2D eigenvalue weighted by molar-refractivity contribution is -0.139. The highest BCUT2D eigenvalue weighted by atomic mass is 79.9. The zero-order valence-electron chi connectivity index (χ0n) is 10.3. The number of phenols is 1. The Morgan fingerprint density at radius 3 is 2.50 bits per heavy atom. The van der Waals surface area contributed by atoms with Gasteiger partial charge in [-0.15, -0.1) is 0 Å². The van der Waals surface area contributed by atoms with Crippen molar-refractivity contribution in [2.75, 3.05) is 0 Å². The summed E-state index contributed by atoms with van der Waals surface area (Å²) < 4.78 is 0.414. The van der Waals surface area contributed by atoms with Crippen molar-refractivity contribution in [3.8, 4) is 5.75 Å². The maximum atomic E-state index is 11.9. The van der Waals surface area contributed by atoms with Crippen molar-refractivity contribution in [3.05, 3.63) is 28.2 Å². The van der Waals surface area contributed by atoms with Crippen molar-refractivity contribution in [2.45, 2.75) is 18.9 Å². The first-order chi connectivity index (χ1) is 9.31. The Morgan fingerprint density at radius 1 is 1.35 bits per heavy atom. The average molecular weight is 345 g/mol. The van der Waals surface area contributed by atoms with Crippen molar-refractivity contribution in [2.24, 2.45) is 5.73 Å². The zero-order valence-corrected chi connectivity index (χ0v) is 11.9. The van der Waals surface area contributed by atoms with Crippen LogP contribution >= 0.6 is 15.9 Å². The zero-order chi connectivity index (χ0) is 15.3. The van der Waals surface area contributed by atoms with Crippen LogP contribution in [0.3, 0.4) is 0 Å². The molecule has 0 bridgehead atoms. The fraction of sp³-hybridized carbons (Fsp3) is 0.250. The summed E-state index contributed by atoms with van der Waals surface area (Å²) in [5.41, 5.74) is 5.04. The van der Waals surface area contributed by atoms with Crippen molar-refractivity contribution in [3.63, 3.8) is 0 Å². The second kappa shape index (κ2) is 6.90. The number of carbonyl (C=O) groups excluding carboxylic acids is 2. The molecule has 0 aliphatic rings. The molecule has 0 aromatic heterocycles. The molecule has 1 aromatic rings. The summed E-state index contributed by atoms with van der Waals surface area (Å²) in [4.78, 5) is 33.5. The van der Waals surface area contributed by atoms with Crippen LogP contribution in [-0.2, 0) is 9.59 Å². The van der Waals surface area contributed by atoms with E-state index in [1.807, 2.05) is 0 Å². The Kier molecular flexibility index (Phi) is 5.51. The number of aromatic hydroxyl groups is 1. The number of aliphatic carboxylic acids is 1. The smallest absolute Gasteiger partial charge is 0.326 e. The molecule has 20 heavy (non-hydrogen) atoms. The van der Waals surface area contributed by atoms with Gasteiger partial charge in [-0.25, -0.2) is 4.79 Å². The predicted molar refractivity (Wildman–Crippen MR) is 73.1 cm³/mol. The molecule has 0 spiro atoms. The number of amides is 2. The van der Waals surface area contributed by atoms with Crippen molar-refractivity contribution in [1.82, 2.24) is 5.32 Å². The number of primary amides is 1. The first-order valence-electron chi connectivity index (χ1n) is 5.61. The van der Waals surface area contributed by atoms with E-state index in [0.717, 1.165) is 0 Å². The first-order valence-corrected chi connectivity index (χ1v) is 6.41. The fourth-order valence-electron chi connectivity index (χ4n) is 1.44. The molecule has 108 valence electrons. The number of nitrogens with two attached hydrogens (primary N) is 1. The van der Waals surface area contributed by atoms with Crippen LogP contribution in [-0.4, -0.2) is 34.0 Å². The van der Waals surface area contributed by atoms with Gasteiger partial charge < -0.3 is 21.3 Å². The van der Waals surface area contributed by atoms with E-state index in [9.17, 15) is 19.5 Å². The number of hydrogen-bond acceptors (Lipinski definition) is 4. The SMILES string of the molecule is NC(=O)CC[C@@H](NC(=O)c1ccc(Br)c(O)c1)C(=O)O. The monoisotopic (exact) mass is 344 g/mol. The van der Waals surface area contributed by atoms with Gasteiger partial charge >= 0.3 is 5.97 Å². The normalized spacial score (nSPS) is 11.7. The highest BCUT2D eigenvalue weighted by molar-refractivity contribution is 9.10. The molecular formula is C12H13BrN2O5. The summed E-state index contributed by atoms with van der Waals surface area (Å²) in [6, 6.07) is 2.86. The molecule has 0 radical (unpaired) electrons. The van der Waals surface area contributed by atoms with Gasteiger partial charge in [-0.1, -0.05) is 0 Å². The quantitative estimate of drug-likeness (QED) is 0.600. The van der Waals surface area contributed by atoms with Crippen LogP contribution in [0.1, 0.15) is 23.2 Å². The number of nitrogens with one attached hydrogen (secondary N) is 1. The van der Waals surface area contributed by atoms with Gasteiger partial charge in [0.05, 0.1) is 4.47 Å². The fourth-order valence-corrected chi connectivity index (χ4v) is 1.69. The Morgan fingerprint density at radius 2 is 2.00 bits per heavy atom. The molecule has 0 saturated carbocycles. The molecule has 0 heterocycles. The van der Waals surface area contributed by atoms with Crippen molar-refractivity contribution in [1.29, 1.82) is 0 Å². The van der Waals surface area contributed by atoms with Crippen molar-refractivity contribution >= 4 is 33.7 Å². The van der Waals surface area contributed by atoms with E-state index in [0.29, 0.717) is 4.47 Å². The summed E-state index contributed by atoms with van der Waals surface area (Å²) in [6.07, 6.45) is -0.248. The van der Waals surface area contributed by atoms with Crippen LogP contribution < -0.4 is 11.1 Å². The minimum atomic E-state index is -1.26. The number of carboxylic acid groups (broad SMARTS) is 1. The molecule has 0 saturated heterocycles. The van der Waals surface area contributed by atoms with E-state index in [-0.39, 0.29) is 24.2 Å². The largest absolute Gasteiger partial charge is 0.507 e. The molecule has 2 amide bonds. The maximum absolute atomic E-state index is 11.9. The number of phenolic OH excluding ortho intramolecular Hbond substituents is 1. The molecule has 8 heteroatoms. The molecule has 5 N–H and O–H groups in total. The number of benzene rings is 1. The minimum absolute atomic E-state index is 0.0983. The third-order valence-electron chi connectivity index (χ3n) is 2.49. The van der Waals surface area contributed by atoms with Gasteiger partial charge in [0.15, 0.2) is 0 Å². The molecular weight excluding hydrogens is 332 g/mol. The number of carbonyl (C=O) groups is 3. The summed E-state index contributed by atoms with van der Waals surface area (Å²) >= 11 is 3.07. The summed E-state index contributed by atoms with van der Waals surface area (Å²) in [7, 11) is 0. The van der Waals surface area contributed by atoms with Gasteiger partial charge in [-0.2, -0.15) is 0 Å².